The SMILES string of the molecule is CCN1CCN(c2ncnc(N3CCN(CCO)CC3)c2[N+](=O)[O-])CC1. The maximum Gasteiger partial charge on any atom is 0.353 e. The van der Waals surface area contributed by atoms with Gasteiger partial charge in [0.1, 0.15) is 6.33 Å². The van der Waals surface area contributed by atoms with Crippen LogP contribution in [0.25, 0.3) is 0 Å². The van der Waals surface area contributed by atoms with Gasteiger partial charge >= 0.3 is 5.69 Å². The molecule has 3 heterocycles. The van der Waals surface area contributed by atoms with Gasteiger partial charge in [-0.2, -0.15) is 0 Å². The number of likely N-dealkylation sites (N-methyl/N-ethyl adjacent to an activating group) is 1. The molecule has 0 saturated carbocycles. The molecule has 0 spiro atoms. The molecule has 3 rings (SSSR count). The summed E-state index contributed by atoms with van der Waals surface area (Å²) in [6, 6.07) is 0. The van der Waals surface area contributed by atoms with Crippen LogP contribution in [0, 0.1) is 10.1 Å². The first kappa shape index (κ1) is 18.7. The van der Waals surface area contributed by atoms with Gasteiger partial charge in [-0.05, 0) is 6.54 Å². The van der Waals surface area contributed by atoms with Crippen LogP contribution in [0.2, 0.25) is 0 Å². The Kier molecular flexibility index (Phi) is 6.17. The standard InChI is InChI=1S/C16H27N7O3/c1-2-19-3-7-21(8-4-19)15-14(23(25)26)16(18-13-17-15)22-9-5-20(6-10-22)11-12-24/h13,24H,2-12H2,1H3. The van der Waals surface area contributed by atoms with Gasteiger partial charge in [-0.1, -0.05) is 6.92 Å². The van der Waals surface area contributed by atoms with E-state index in [4.69, 9.17) is 5.11 Å². The quantitative estimate of drug-likeness (QED) is 0.535. The Hall–Kier alpha value is -2.04. The van der Waals surface area contributed by atoms with E-state index < -0.39 is 0 Å². The average Bonchev–Trinajstić information content (AvgIpc) is 2.68. The number of β-amino-alcohol motifs (C(OH)–C–C–N with tert-alkyl or cyclic N) is 1. The number of rotatable bonds is 6. The zero-order valence-corrected chi connectivity index (χ0v) is 15.2. The van der Waals surface area contributed by atoms with Crippen molar-refractivity contribution < 1.29 is 10.0 Å². The molecule has 0 bridgehead atoms. The summed E-state index contributed by atoms with van der Waals surface area (Å²) in [6.45, 7) is 9.92. The lowest BCUT2D eigenvalue weighted by atomic mass is 10.2. The summed E-state index contributed by atoms with van der Waals surface area (Å²) in [5.41, 5.74) is 0.00746. The summed E-state index contributed by atoms with van der Waals surface area (Å²) in [4.78, 5) is 28.4. The summed E-state index contributed by atoms with van der Waals surface area (Å²) in [5.74, 6) is 0.829. The summed E-state index contributed by atoms with van der Waals surface area (Å²) >= 11 is 0. The van der Waals surface area contributed by atoms with Gasteiger partial charge in [0.15, 0.2) is 0 Å². The summed E-state index contributed by atoms with van der Waals surface area (Å²) in [7, 11) is 0. The Bertz CT molecular complexity index is 614. The van der Waals surface area contributed by atoms with Crippen LogP contribution in [0.5, 0.6) is 0 Å². The number of nitrogens with zero attached hydrogens (tertiary/aromatic N) is 7. The lowest BCUT2D eigenvalue weighted by Gasteiger charge is -2.36. The second-order valence-corrected chi connectivity index (χ2v) is 6.60. The van der Waals surface area contributed by atoms with Crippen molar-refractivity contribution in [3.8, 4) is 0 Å². The van der Waals surface area contributed by atoms with Crippen molar-refractivity contribution in [3.05, 3.63) is 16.4 Å². The van der Waals surface area contributed by atoms with E-state index in [1.54, 1.807) is 0 Å². The highest BCUT2D eigenvalue weighted by molar-refractivity contribution is 5.71. The Labute approximate surface area is 153 Å². The van der Waals surface area contributed by atoms with Gasteiger partial charge < -0.3 is 19.8 Å². The van der Waals surface area contributed by atoms with Gasteiger partial charge in [-0.15, -0.1) is 0 Å². The second-order valence-electron chi connectivity index (χ2n) is 6.60. The molecule has 10 nitrogen and oxygen atoms in total. The van der Waals surface area contributed by atoms with Gasteiger partial charge in [0, 0.05) is 58.9 Å². The fraction of sp³-hybridized carbons (Fsp3) is 0.750. The molecular weight excluding hydrogens is 338 g/mol. The maximum atomic E-state index is 11.8. The molecule has 10 heteroatoms. The molecule has 2 fully saturated rings. The molecular formula is C16H27N7O3. The predicted molar refractivity (Wildman–Crippen MR) is 98.8 cm³/mol. The minimum Gasteiger partial charge on any atom is -0.395 e. The smallest absolute Gasteiger partial charge is 0.353 e. The van der Waals surface area contributed by atoms with Crippen molar-refractivity contribution in [2.75, 3.05) is 81.9 Å². The molecule has 1 N–H and O–H groups in total. The van der Waals surface area contributed by atoms with E-state index in [0.29, 0.717) is 31.3 Å². The maximum absolute atomic E-state index is 11.8. The van der Waals surface area contributed by atoms with Crippen molar-refractivity contribution in [1.82, 2.24) is 19.8 Å². The van der Waals surface area contributed by atoms with Gasteiger partial charge in [0.25, 0.3) is 0 Å². The van der Waals surface area contributed by atoms with Crippen LogP contribution in [0.15, 0.2) is 6.33 Å². The number of nitro groups is 1. The first-order chi connectivity index (χ1) is 12.6. The van der Waals surface area contributed by atoms with E-state index in [-0.39, 0.29) is 17.2 Å². The molecule has 0 unspecified atom stereocenters. The molecule has 2 saturated heterocycles. The third-order valence-corrected chi connectivity index (χ3v) is 5.17. The molecule has 0 radical (unpaired) electrons. The molecule has 2 aliphatic rings. The van der Waals surface area contributed by atoms with Gasteiger partial charge in [-0.3, -0.25) is 15.0 Å². The Morgan fingerprint density at radius 3 is 1.92 bits per heavy atom. The number of anilines is 2. The van der Waals surface area contributed by atoms with E-state index >= 15 is 0 Å². The van der Waals surface area contributed by atoms with Crippen molar-refractivity contribution in [3.63, 3.8) is 0 Å². The Morgan fingerprint density at radius 1 is 1.00 bits per heavy atom. The van der Waals surface area contributed by atoms with Crippen LogP contribution in [0.3, 0.4) is 0 Å². The summed E-state index contributed by atoms with van der Waals surface area (Å²) in [5, 5.41) is 20.9. The fourth-order valence-electron chi connectivity index (χ4n) is 3.59. The second kappa shape index (κ2) is 8.56. The molecule has 0 atom stereocenters. The minimum absolute atomic E-state index is 0.00746. The number of hydrogen-bond acceptors (Lipinski definition) is 9. The third-order valence-electron chi connectivity index (χ3n) is 5.17. The fourth-order valence-corrected chi connectivity index (χ4v) is 3.59. The predicted octanol–water partition coefficient (Wildman–Crippen LogP) is -0.359. The van der Waals surface area contributed by atoms with Gasteiger partial charge in [0.05, 0.1) is 11.5 Å². The number of aromatic nitrogens is 2. The van der Waals surface area contributed by atoms with Crippen LogP contribution < -0.4 is 9.80 Å². The summed E-state index contributed by atoms with van der Waals surface area (Å²) < 4.78 is 0. The number of hydrogen-bond donors (Lipinski definition) is 1. The van der Waals surface area contributed by atoms with Crippen LogP contribution in [0.1, 0.15) is 6.92 Å². The summed E-state index contributed by atoms with van der Waals surface area (Å²) in [6.07, 6.45) is 1.43. The van der Waals surface area contributed by atoms with Crippen molar-refractivity contribution in [2.45, 2.75) is 6.92 Å². The highest BCUT2D eigenvalue weighted by Crippen LogP contribution is 2.34. The zero-order chi connectivity index (χ0) is 18.5. The molecule has 1 aromatic rings. The van der Waals surface area contributed by atoms with E-state index in [2.05, 4.69) is 26.7 Å². The normalized spacial score (nSPS) is 19.8. The highest BCUT2D eigenvalue weighted by Gasteiger charge is 2.32. The Balaban J connectivity index is 1.80. The van der Waals surface area contributed by atoms with E-state index in [9.17, 15) is 10.1 Å². The molecule has 0 aliphatic carbocycles. The Morgan fingerprint density at radius 2 is 1.50 bits per heavy atom. The number of aliphatic hydroxyl groups is 1. The molecule has 0 aromatic carbocycles. The lowest BCUT2D eigenvalue weighted by Crippen LogP contribution is -2.48. The minimum atomic E-state index is -0.350. The van der Waals surface area contributed by atoms with Gasteiger partial charge in [0.2, 0.25) is 11.6 Å². The average molecular weight is 365 g/mol. The van der Waals surface area contributed by atoms with Crippen LogP contribution in [-0.4, -0.2) is 102 Å². The third kappa shape index (κ3) is 4.02. The van der Waals surface area contributed by atoms with Crippen molar-refractivity contribution in [2.24, 2.45) is 0 Å². The molecule has 0 amide bonds. The molecule has 2 aliphatic heterocycles. The molecule has 1 aromatic heterocycles. The number of piperazine rings is 2. The molecule has 26 heavy (non-hydrogen) atoms. The monoisotopic (exact) mass is 365 g/mol. The van der Waals surface area contributed by atoms with Gasteiger partial charge in [-0.25, -0.2) is 9.97 Å². The largest absolute Gasteiger partial charge is 0.395 e. The van der Waals surface area contributed by atoms with Crippen LogP contribution >= 0.6 is 0 Å². The van der Waals surface area contributed by atoms with E-state index in [1.165, 1.54) is 6.33 Å². The first-order valence-electron chi connectivity index (χ1n) is 9.19. The lowest BCUT2D eigenvalue weighted by molar-refractivity contribution is -0.383. The van der Waals surface area contributed by atoms with Crippen molar-refractivity contribution in [1.29, 1.82) is 0 Å². The van der Waals surface area contributed by atoms with E-state index in [0.717, 1.165) is 45.8 Å². The number of aliphatic hydroxyl groups excluding tert-OH is 1. The van der Waals surface area contributed by atoms with E-state index in [1.807, 2.05) is 9.80 Å². The highest BCUT2D eigenvalue weighted by atomic mass is 16.6. The topological polar surface area (TPSA) is 102 Å². The first-order valence-corrected chi connectivity index (χ1v) is 9.19. The van der Waals surface area contributed by atoms with Crippen LogP contribution in [-0.2, 0) is 0 Å². The van der Waals surface area contributed by atoms with Crippen LogP contribution in [0.4, 0.5) is 17.3 Å². The zero-order valence-electron chi connectivity index (χ0n) is 15.2. The van der Waals surface area contributed by atoms with Crippen molar-refractivity contribution >= 4 is 17.3 Å². The molecule has 144 valence electrons.